The van der Waals surface area contributed by atoms with Gasteiger partial charge in [0.15, 0.2) is 11.5 Å². The standard InChI is InChI=1S/C31H27FN2O6/c1-4-12-37-25-10-6-18(13-27(25)36-5-2)28-21-9-8-20(15-26(21)40-30(34)23(28)16-33)38-31(35)29-17(3)22-14-19(32)7-11-24(22)39-29/h6-11,13-15,28H,4-5,12,34H2,1-3H3. The fourth-order valence-electron chi connectivity index (χ4n) is 4.69. The van der Waals surface area contributed by atoms with Gasteiger partial charge in [0, 0.05) is 22.6 Å². The minimum Gasteiger partial charge on any atom is -0.490 e. The van der Waals surface area contributed by atoms with Crippen molar-refractivity contribution in [2.24, 2.45) is 5.73 Å². The molecule has 2 heterocycles. The number of nitrogens with two attached hydrogens (primary N) is 1. The maximum absolute atomic E-state index is 13.7. The van der Waals surface area contributed by atoms with Crippen molar-refractivity contribution in [3.63, 3.8) is 0 Å². The quantitative estimate of drug-likeness (QED) is 0.198. The number of hydrogen-bond donors (Lipinski definition) is 1. The number of nitrogens with zero attached hydrogens (tertiary/aromatic N) is 1. The average Bonchev–Trinajstić information content (AvgIpc) is 3.27. The molecule has 0 radical (unpaired) electrons. The Hall–Kier alpha value is -4.97. The van der Waals surface area contributed by atoms with Gasteiger partial charge in [-0.2, -0.15) is 5.26 Å². The van der Waals surface area contributed by atoms with Crippen LogP contribution in [-0.2, 0) is 0 Å². The van der Waals surface area contributed by atoms with E-state index in [1.165, 1.54) is 24.3 Å². The van der Waals surface area contributed by atoms with E-state index in [4.69, 9.17) is 29.1 Å². The number of benzene rings is 3. The summed E-state index contributed by atoms with van der Waals surface area (Å²) in [5.74, 6) is -0.127. The Balaban J connectivity index is 1.48. The molecule has 1 aliphatic heterocycles. The predicted octanol–water partition coefficient (Wildman–Crippen LogP) is 6.51. The van der Waals surface area contributed by atoms with Gasteiger partial charge in [-0.15, -0.1) is 0 Å². The van der Waals surface area contributed by atoms with Gasteiger partial charge < -0.3 is 29.1 Å². The molecule has 1 unspecified atom stereocenters. The summed E-state index contributed by atoms with van der Waals surface area (Å²) in [5.41, 5.74) is 8.67. The van der Waals surface area contributed by atoms with Gasteiger partial charge in [-0.1, -0.05) is 19.1 Å². The third-order valence-corrected chi connectivity index (χ3v) is 6.55. The second kappa shape index (κ2) is 11.0. The first-order valence-electron chi connectivity index (χ1n) is 12.9. The lowest BCUT2D eigenvalue weighted by molar-refractivity contribution is 0.0702. The topological polar surface area (TPSA) is 117 Å². The Kier molecular flexibility index (Phi) is 7.34. The Morgan fingerprint density at radius 2 is 1.90 bits per heavy atom. The fraction of sp³-hybridized carbons (Fsp3) is 0.226. The molecule has 3 aromatic carbocycles. The Labute approximate surface area is 230 Å². The number of fused-ring (bicyclic) bond motifs is 2. The monoisotopic (exact) mass is 542 g/mol. The number of allylic oxidation sites excluding steroid dienone is 1. The molecule has 5 rings (SSSR count). The predicted molar refractivity (Wildman–Crippen MR) is 145 cm³/mol. The zero-order chi connectivity index (χ0) is 28.4. The second-order valence-corrected chi connectivity index (χ2v) is 9.20. The van der Waals surface area contributed by atoms with E-state index in [1.54, 1.807) is 19.1 Å². The van der Waals surface area contributed by atoms with Crippen molar-refractivity contribution in [3.05, 3.63) is 94.3 Å². The number of ether oxygens (including phenoxy) is 4. The Bertz CT molecular complexity index is 1680. The van der Waals surface area contributed by atoms with E-state index in [0.29, 0.717) is 52.6 Å². The summed E-state index contributed by atoms with van der Waals surface area (Å²) in [7, 11) is 0. The summed E-state index contributed by atoms with van der Waals surface area (Å²) in [4.78, 5) is 13.0. The molecule has 9 heteroatoms. The first-order valence-corrected chi connectivity index (χ1v) is 12.9. The van der Waals surface area contributed by atoms with E-state index in [-0.39, 0.29) is 23.0 Å². The summed E-state index contributed by atoms with van der Waals surface area (Å²) in [6, 6.07) is 16.5. The molecular formula is C31H27FN2O6. The van der Waals surface area contributed by atoms with Crippen LogP contribution in [0.1, 0.15) is 53.4 Å². The number of carbonyl (C=O) groups excluding carboxylic acids is 1. The Morgan fingerprint density at radius 3 is 2.65 bits per heavy atom. The van der Waals surface area contributed by atoms with E-state index in [0.717, 1.165) is 12.0 Å². The molecule has 4 aromatic rings. The highest BCUT2D eigenvalue weighted by atomic mass is 19.1. The molecule has 0 bridgehead atoms. The number of carbonyl (C=O) groups is 1. The zero-order valence-corrected chi connectivity index (χ0v) is 22.2. The third-order valence-electron chi connectivity index (χ3n) is 6.55. The molecule has 1 atom stereocenters. The minimum atomic E-state index is -0.744. The van der Waals surface area contributed by atoms with Gasteiger partial charge in [0.05, 0.1) is 19.1 Å². The molecule has 204 valence electrons. The van der Waals surface area contributed by atoms with Crippen molar-refractivity contribution in [2.75, 3.05) is 13.2 Å². The highest BCUT2D eigenvalue weighted by Gasteiger charge is 2.32. The second-order valence-electron chi connectivity index (χ2n) is 9.20. The highest BCUT2D eigenvalue weighted by molar-refractivity contribution is 5.96. The number of esters is 1. The molecule has 0 saturated heterocycles. The number of halogens is 1. The van der Waals surface area contributed by atoms with Crippen LogP contribution < -0.4 is 24.7 Å². The molecule has 0 spiro atoms. The van der Waals surface area contributed by atoms with E-state index < -0.39 is 17.7 Å². The van der Waals surface area contributed by atoms with Crippen LogP contribution in [0, 0.1) is 24.1 Å². The average molecular weight is 543 g/mol. The number of aryl methyl sites for hydroxylation is 1. The molecular weight excluding hydrogens is 515 g/mol. The number of furan rings is 1. The lowest BCUT2D eigenvalue weighted by Crippen LogP contribution is -2.21. The zero-order valence-electron chi connectivity index (χ0n) is 22.2. The van der Waals surface area contributed by atoms with Crippen LogP contribution in [0.15, 0.2) is 70.5 Å². The molecule has 1 aliphatic rings. The molecule has 40 heavy (non-hydrogen) atoms. The van der Waals surface area contributed by atoms with Gasteiger partial charge in [-0.25, -0.2) is 9.18 Å². The largest absolute Gasteiger partial charge is 0.490 e. The third kappa shape index (κ3) is 4.92. The van der Waals surface area contributed by atoms with Crippen LogP contribution in [0.3, 0.4) is 0 Å². The van der Waals surface area contributed by atoms with Crippen molar-refractivity contribution in [1.82, 2.24) is 0 Å². The van der Waals surface area contributed by atoms with Gasteiger partial charge >= 0.3 is 5.97 Å². The number of hydrogen-bond acceptors (Lipinski definition) is 8. The first-order chi connectivity index (χ1) is 19.3. The van der Waals surface area contributed by atoms with Crippen molar-refractivity contribution < 1.29 is 32.5 Å². The molecule has 8 nitrogen and oxygen atoms in total. The molecule has 0 aliphatic carbocycles. The SMILES string of the molecule is CCCOc1ccc(C2C(C#N)=C(N)Oc3cc(OC(=O)c4oc5ccc(F)cc5c4C)ccc32)cc1OCC. The normalized spacial score (nSPS) is 14.3. The van der Waals surface area contributed by atoms with Gasteiger partial charge in [0.25, 0.3) is 0 Å². The molecule has 0 saturated carbocycles. The van der Waals surface area contributed by atoms with Gasteiger partial charge in [0.2, 0.25) is 11.6 Å². The van der Waals surface area contributed by atoms with Crippen molar-refractivity contribution >= 4 is 16.9 Å². The summed E-state index contributed by atoms with van der Waals surface area (Å²) in [6.45, 7) is 6.54. The van der Waals surface area contributed by atoms with Crippen molar-refractivity contribution in [1.29, 1.82) is 5.26 Å². The molecule has 0 fully saturated rings. The minimum absolute atomic E-state index is 0.0304. The lowest BCUT2D eigenvalue weighted by Gasteiger charge is -2.27. The van der Waals surface area contributed by atoms with Crippen LogP contribution in [0.2, 0.25) is 0 Å². The lowest BCUT2D eigenvalue weighted by atomic mass is 9.83. The maximum Gasteiger partial charge on any atom is 0.379 e. The molecule has 2 N–H and O–H groups in total. The van der Waals surface area contributed by atoms with Crippen LogP contribution in [0.4, 0.5) is 4.39 Å². The summed E-state index contributed by atoms with van der Waals surface area (Å²) in [5, 5.41) is 10.4. The van der Waals surface area contributed by atoms with E-state index in [2.05, 4.69) is 6.07 Å². The van der Waals surface area contributed by atoms with Gasteiger partial charge in [-0.3, -0.25) is 0 Å². The molecule has 0 amide bonds. The van der Waals surface area contributed by atoms with Crippen LogP contribution in [0.25, 0.3) is 11.0 Å². The Morgan fingerprint density at radius 1 is 1.07 bits per heavy atom. The van der Waals surface area contributed by atoms with E-state index >= 15 is 0 Å². The van der Waals surface area contributed by atoms with E-state index in [1.807, 2.05) is 32.0 Å². The first kappa shape index (κ1) is 26.6. The van der Waals surface area contributed by atoms with Crippen LogP contribution >= 0.6 is 0 Å². The van der Waals surface area contributed by atoms with Gasteiger partial charge in [-0.05, 0) is 62.2 Å². The molecule has 1 aromatic heterocycles. The maximum atomic E-state index is 13.7. The van der Waals surface area contributed by atoms with Crippen LogP contribution in [-0.4, -0.2) is 19.2 Å². The van der Waals surface area contributed by atoms with Crippen molar-refractivity contribution in [2.45, 2.75) is 33.1 Å². The van der Waals surface area contributed by atoms with Crippen LogP contribution in [0.5, 0.6) is 23.0 Å². The van der Waals surface area contributed by atoms with Crippen molar-refractivity contribution in [3.8, 4) is 29.1 Å². The summed E-state index contributed by atoms with van der Waals surface area (Å²) >= 11 is 0. The summed E-state index contributed by atoms with van der Waals surface area (Å²) < 4.78 is 42.3. The van der Waals surface area contributed by atoms with Gasteiger partial charge in [0.1, 0.15) is 34.5 Å². The number of rotatable bonds is 8. The highest BCUT2D eigenvalue weighted by Crippen LogP contribution is 2.45. The number of nitriles is 1. The smallest absolute Gasteiger partial charge is 0.379 e. The summed E-state index contributed by atoms with van der Waals surface area (Å²) in [6.07, 6.45) is 0.847. The van der Waals surface area contributed by atoms with E-state index in [9.17, 15) is 14.4 Å². The fourth-order valence-corrected chi connectivity index (χ4v) is 4.69.